The lowest BCUT2D eigenvalue weighted by atomic mass is 10.1. The fraction of sp³-hybridized carbons (Fsp3) is 0.600. The lowest BCUT2D eigenvalue weighted by Crippen LogP contribution is -2.27. The molecule has 0 aliphatic heterocycles. The molecule has 3 atom stereocenters. The van der Waals surface area contributed by atoms with E-state index in [4.69, 9.17) is 4.74 Å². The second-order valence-corrected chi connectivity index (χ2v) is 5.84. The zero-order valence-corrected chi connectivity index (χ0v) is 13.7. The molecule has 0 aliphatic carbocycles. The highest BCUT2D eigenvalue weighted by Gasteiger charge is 2.16. The third-order valence-electron chi connectivity index (χ3n) is 3.13. The predicted molar refractivity (Wildman–Crippen MR) is 82.6 cm³/mol. The summed E-state index contributed by atoms with van der Waals surface area (Å²) in [5, 5.41) is 13.0. The Morgan fingerprint density at radius 1 is 1.32 bits per heavy atom. The van der Waals surface area contributed by atoms with Gasteiger partial charge in [-0.25, -0.2) is 0 Å². The van der Waals surface area contributed by atoms with Gasteiger partial charge in [0.25, 0.3) is 0 Å². The number of ether oxygens (including phenoxy) is 1. The van der Waals surface area contributed by atoms with Crippen LogP contribution >= 0.6 is 15.9 Å². The number of halogens is 1. The molecule has 1 rings (SSSR count). The smallest absolute Gasteiger partial charge is 0.125 e. The van der Waals surface area contributed by atoms with Gasteiger partial charge in [0.1, 0.15) is 11.9 Å². The Morgan fingerprint density at radius 3 is 2.58 bits per heavy atom. The van der Waals surface area contributed by atoms with Gasteiger partial charge in [-0.15, -0.1) is 0 Å². The van der Waals surface area contributed by atoms with Gasteiger partial charge in [0.2, 0.25) is 0 Å². The number of rotatable bonds is 7. The van der Waals surface area contributed by atoms with Crippen LogP contribution in [0.4, 0.5) is 0 Å². The molecule has 0 spiro atoms. The van der Waals surface area contributed by atoms with Crippen molar-refractivity contribution in [3.05, 3.63) is 28.2 Å². The van der Waals surface area contributed by atoms with Crippen LogP contribution in [0, 0.1) is 0 Å². The summed E-state index contributed by atoms with van der Waals surface area (Å²) in [4.78, 5) is 0. The molecule has 0 radical (unpaired) electrons. The van der Waals surface area contributed by atoms with E-state index in [2.05, 4.69) is 41.2 Å². The Bertz CT molecular complexity index is 396. The molecule has 1 aromatic carbocycles. The molecule has 3 nitrogen and oxygen atoms in total. The number of nitrogens with one attached hydrogen (secondary N) is 1. The third kappa shape index (κ3) is 5.13. The number of hydrogen-bond acceptors (Lipinski definition) is 3. The maximum absolute atomic E-state index is 9.57. The van der Waals surface area contributed by atoms with Crippen LogP contribution < -0.4 is 10.1 Å². The van der Waals surface area contributed by atoms with E-state index in [9.17, 15) is 5.11 Å². The number of aliphatic hydroxyl groups excluding tert-OH is 1. The van der Waals surface area contributed by atoms with Gasteiger partial charge in [-0.2, -0.15) is 0 Å². The average Bonchev–Trinajstić information content (AvgIpc) is 2.36. The molecule has 0 saturated heterocycles. The summed E-state index contributed by atoms with van der Waals surface area (Å²) in [5.74, 6) is 0.818. The van der Waals surface area contributed by atoms with Crippen molar-refractivity contribution in [2.45, 2.75) is 52.4 Å². The SMILES string of the molecule is CCCNC(C)c1ccc(Br)cc1OC(C)C(C)O. The molecule has 0 aromatic heterocycles. The van der Waals surface area contributed by atoms with Crippen molar-refractivity contribution in [3.8, 4) is 5.75 Å². The average molecular weight is 330 g/mol. The van der Waals surface area contributed by atoms with Crippen LogP contribution in [0.15, 0.2) is 22.7 Å². The minimum absolute atomic E-state index is 0.226. The zero-order chi connectivity index (χ0) is 14.4. The molecule has 0 amide bonds. The van der Waals surface area contributed by atoms with Gasteiger partial charge in [0.15, 0.2) is 0 Å². The Hall–Kier alpha value is -0.580. The molecule has 2 N–H and O–H groups in total. The molecule has 0 saturated carbocycles. The van der Waals surface area contributed by atoms with Crippen LogP contribution in [0.3, 0.4) is 0 Å². The normalized spacial score (nSPS) is 15.9. The molecular weight excluding hydrogens is 306 g/mol. The summed E-state index contributed by atoms with van der Waals surface area (Å²) in [7, 11) is 0. The number of benzene rings is 1. The van der Waals surface area contributed by atoms with Crippen molar-refractivity contribution in [2.24, 2.45) is 0 Å². The van der Waals surface area contributed by atoms with E-state index in [-0.39, 0.29) is 12.1 Å². The number of hydrogen-bond donors (Lipinski definition) is 2. The highest BCUT2D eigenvalue weighted by Crippen LogP contribution is 2.29. The van der Waals surface area contributed by atoms with Crippen molar-refractivity contribution < 1.29 is 9.84 Å². The van der Waals surface area contributed by atoms with Crippen molar-refractivity contribution >= 4 is 15.9 Å². The van der Waals surface area contributed by atoms with E-state index in [0.717, 1.165) is 28.8 Å². The Labute approximate surface area is 124 Å². The molecule has 19 heavy (non-hydrogen) atoms. The van der Waals surface area contributed by atoms with Gasteiger partial charge < -0.3 is 15.2 Å². The van der Waals surface area contributed by atoms with Crippen LogP contribution in [-0.4, -0.2) is 23.9 Å². The minimum Gasteiger partial charge on any atom is -0.488 e. The van der Waals surface area contributed by atoms with Gasteiger partial charge in [0.05, 0.1) is 6.10 Å². The topological polar surface area (TPSA) is 41.5 Å². The molecule has 108 valence electrons. The first-order valence-corrected chi connectivity index (χ1v) is 7.62. The van der Waals surface area contributed by atoms with Crippen LogP contribution in [0.5, 0.6) is 5.75 Å². The van der Waals surface area contributed by atoms with E-state index in [1.807, 2.05) is 19.1 Å². The van der Waals surface area contributed by atoms with Crippen LogP contribution in [-0.2, 0) is 0 Å². The quantitative estimate of drug-likeness (QED) is 0.802. The van der Waals surface area contributed by atoms with Crippen LogP contribution in [0.2, 0.25) is 0 Å². The van der Waals surface area contributed by atoms with Gasteiger partial charge >= 0.3 is 0 Å². The Kier molecular flexibility index (Phi) is 6.83. The molecule has 3 unspecified atom stereocenters. The zero-order valence-electron chi connectivity index (χ0n) is 12.1. The summed E-state index contributed by atoms with van der Waals surface area (Å²) in [6, 6.07) is 6.25. The van der Waals surface area contributed by atoms with E-state index >= 15 is 0 Å². The summed E-state index contributed by atoms with van der Waals surface area (Å²) in [6.45, 7) is 8.86. The van der Waals surface area contributed by atoms with E-state index in [1.165, 1.54) is 0 Å². The second-order valence-electron chi connectivity index (χ2n) is 4.92. The van der Waals surface area contributed by atoms with Gasteiger partial charge in [-0.1, -0.05) is 28.9 Å². The summed E-state index contributed by atoms with van der Waals surface area (Å²) in [5.41, 5.74) is 1.11. The summed E-state index contributed by atoms with van der Waals surface area (Å²) < 4.78 is 6.85. The lowest BCUT2D eigenvalue weighted by Gasteiger charge is -2.23. The van der Waals surface area contributed by atoms with Crippen molar-refractivity contribution in [1.82, 2.24) is 5.32 Å². The minimum atomic E-state index is -0.495. The van der Waals surface area contributed by atoms with Crippen molar-refractivity contribution in [2.75, 3.05) is 6.54 Å². The molecule has 0 aliphatic rings. The predicted octanol–water partition coefficient (Wildman–Crippen LogP) is 3.66. The molecule has 0 bridgehead atoms. The summed E-state index contributed by atoms with van der Waals surface area (Å²) in [6.07, 6.45) is 0.374. The lowest BCUT2D eigenvalue weighted by molar-refractivity contribution is 0.0595. The Balaban J connectivity index is 2.90. The van der Waals surface area contributed by atoms with Crippen molar-refractivity contribution in [1.29, 1.82) is 0 Å². The molecule has 0 heterocycles. The molecule has 1 aromatic rings. The molecular formula is C15H24BrNO2. The van der Waals surface area contributed by atoms with E-state index < -0.39 is 6.10 Å². The fourth-order valence-electron chi connectivity index (χ4n) is 1.74. The van der Waals surface area contributed by atoms with Crippen LogP contribution in [0.25, 0.3) is 0 Å². The first-order valence-electron chi connectivity index (χ1n) is 6.83. The fourth-order valence-corrected chi connectivity index (χ4v) is 2.08. The largest absolute Gasteiger partial charge is 0.488 e. The molecule has 4 heteroatoms. The van der Waals surface area contributed by atoms with E-state index in [1.54, 1.807) is 6.92 Å². The highest BCUT2D eigenvalue weighted by atomic mass is 79.9. The maximum Gasteiger partial charge on any atom is 0.125 e. The first-order chi connectivity index (χ1) is 8.95. The summed E-state index contributed by atoms with van der Waals surface area (Å²) >= 11 is 3.46. The highest BCUT2D eigenvalue weighted by molar-refractivity contribution is 9.10. The second kappa shape index (κ2) is 7.88. The Morgan fingerprint density at radius 2 is 2.00 bits per heavy atom. The monoisotopic (exact) mass is 329 g/mol. The van der Waals surface area contributed by atoms with E-state index in [0.29, 0.717) is 0 Å². The number of aliphatic hydroxyl groups is 1. The van der Waals surface area contributed by atoms with Crippen molar-refractivity contribution in [3.63, 3.8) is 0 Å². The standard InChI is InChI=1S/C15H24BrNO2/c1-5-8-17-10(2)14-7-6-13(16)9-15(14)19-12(4)11(3)18/h6-7,9-12,17-18H,5,8H2,1-4H3. The van der Waals surface area contributed by atoms with Gasteiger partial charge in [-0.05, 0) is 45.9 Å². The molecule has 0 fully saturated rings. The van der Waals surface area contributed by atoms with Gasteiger partial charge in [0, 0.05) is 16.1 Å². The third-order valence-corrected chi connectivity index (χ3v) is 3.63. The maximum atomic E-state index is 9.57. The van der Waals surface area contributed by atoms with Gasteiger partial charge in [-0.3, -0.25) is 0 Å². The first kappa shape index (κ1) is 16.5. The van der Waals surface area contributed by atoms with Crippen LogP contribution in [0.1, 0.15) is 45.7 Å².